The molecular formula is C17H35N3. The van der Waals surface area contributed by atoms with Crippen LogP contribution in [0.2, 0.25) is 0 Å². The molecule has 2 rings (SSSR count). The third-order valence-electron chi connectivity index (χ3n) is 5.16. The molecule has 20 heavy (non-hydrogen) atoms. The number of nitrogens with zero attached hydrogens (tertiary/aromatic N) is 2. The summed E-state index contributed by atoms with van der Waals surface area (Å²) in [5.74, 6) is 0.888. The zero-order valence-electron chi connectivity index (χ0n) is 13.7. The molecule has 2 aliphatic heterocycles. The maximum absolute atomic E-state index is 3.56. The molecular weight excluding hydrogens is 246 g/mol. The molecule has 3 nitrogen and oxygen atoms in total. The molecule has 118 valence electrons. The third kappa shape index (κ3) is 5.34. The molecule has 0 saturated carbocycles. The van der Waals surface area contributed by atoms with Gasteiger partial charge in [-0.15, -0.1) is 0 Å². The minimum absolute atomic E-state index is 0.840. The van der Waals surface area contributed by atoms with Gasteiger partial charge in [0.25, 0.3) is 0 Å². The molecule has 0 bridgehead atoms. The largest absolute Gasteiger partial charge is 0.316 e. The van der Waals surface area contributed by atoms with E-state index in [0.29, 0.717) is 0 Å². The van der Waals surface area contributed by atoms with E-state index in [1.54, 1.807) is 0 Å². The summed E-state index contributed by atoms with van der Waals surface area (Å²) in [7, 11) is 2.32. The van der Waals surface area contributed by atoms with Crippen LogP contribution in [0.5, 0.6) is 0 Å². The topological polar surface area (TPSA) is 18.5 Å². The fourth-order valence-electron chi connectivity index (χ4n) is 3.90. The molecule has 0 aromatic heterocycles. The van der Waals surface area contributed by atoms with Crippen LogP contribution in [0.15, 0.2) is 0 Å². The van der Waals surface area contributed by atoms with Crippen molar-refractivity contribution in [2.45, 2.75) is 57.9 Å². The quantitative estimate of drug-likeness (QED) is 0.774. The molecule has 0 aromatic rings. The fourth-order valence-corrected chi connectivity index (χ4v) is 3.90. The summed E-state index contributed by atoms with van der Waals surface area (Å²) in [5, 5.41) is 3.56. The molecule has 0 radical (unpaired) electrons. The Labute approximate surface area is 126 Å². The van der Waals surface area contributed by atoms with Crippen molar-refractivity contribution in [2.75, 3.05) is 46.3 Å². The van der Waals surface area contributed by atoms with Crippen LogP contribution >= 0.6 is 0 Å². The Morgan fingerprint density at radius 3 is 2.75 bits per heavy atom. The highest BCUT2D eigenvalue weighted by molar-refractivity contribution is 4.77. The first-order chi connectivity index (χ1) is 9.79. The van der Waals surface area contributed by atoms with Crippen molar-refractivity contribution in [1.29, 1.82) is 0 Å². The lowest BCUT2D eigenvalue weighted by molar-refractivity contribution is 0.142. The van der Waals surface area contributed by atoms with Gasteiger partial charge in [0.1, 0.15) is 0 Å². The van der Waals surface area contributed by atoms with Gasteiger partial charge in [-0.2, -0.15) is 0 Å². The molecule has 0 aliphatic carbocycles. The van der Waals surface area contributed by atoms with Gasteiger partial charge in [-0.3, -0.25) is 0 Å². The lowest BCUT2D eigenvalue weighted by Crippen LogP contribution is -2.42. The van der Waals surface area contributed by atoms with Crippen LogP contribution in [0.1, 0.15) is 51.9 Å². The van der Waals surface area contributed by atoms with Gasteiger partial charge < -0.3 is 15.1 Å². The molecule has 3 heteroatoms. The van der Waals surface area contributed by atoms with Crippen LogP contribution in [-0.2, 0) is 0 Å². The summed E-state index contributed by atoms with van der Waals surface area (Å²) in [6.45, 7) is 10.0. The molecule has 2 aliphatic rings. The second-order valence-corrected chi connectivity index (χ2v) is 6.93. The van der Waals surface area contributed by atoms with Gasteiger partial charge in [-0.25, -0.2) is 0 Å². The number of likely N-dealkylation sites (tertiary alicyclic amines) is 1. The lowest BCUT2D eigenvalue weighted by Gasteiger charge is -2.35. The third-order valence-corrected chi connectivity index (χ3v) is 5.16. The van der Waals surface area contributed by atoms with E-state index in [-0.39, 0.29) is 0 Å². The number of piperidine rings is 2. The van der Waals surface area contributed by atoms with E-state index in [4.69, 9.17) is 0 Å². The van der Waals surface area contributed by atoms with Gasteiger partial charge in [-0.1, -0.05) is 13.3 Å². The van der Waals surface area contributed by atoms with Crippen molar-refractivity contribution in [3.05, 3.63) is 0 Å². The highest BCUT2D eigenvalue weighted by Crippen LogP contribution is 2.19. The molecule has 0 spiro atoms. The van der Waals surface area contributed by atoms with E-state index in [0.717, 1.165) is 12.0 Å². The minimum atomic E-state index is 0.840. The maximum atomic E-state index is 3.56. The molecule has 2 fully saturated rings. The smallest absolute Gasteiger partial charge is 0.0104 e. The number of hydrogen-bond donors (Lipinski definition) is 1. The summed E-state index contributed by atoms with van der Waals surface area (Å²) >= 11 is 0. The summed E-state index contributed by atoms with van der Waals surface area (Å²) < 4.78 is 0. The Morgan fingerprint density at radius 2 is 2.05 bits per heavy atom. The van der Waals surface area contributed by atoms with Gasteiger partial charge in [-0.05, 0) is 84.2 Å². The van der Waals surface area contributed by atoms with Gasteiger partial charge in [0.2, 0.25) is 0 Å². The predicted octanol–water partition coefficient (Wildman–Crippen LogP) is 2.57. The normalized spacial score (nSPS) is 28.9. The monoisotopic (exact) mass is 281 g/mol. The zero-order chi connectivity index (χ0) is 14.2. The predicted molar refractivity (Wildman–Crippen MR) is 87.2 cm³/mol. The van der Waals surface area contributed by atoms with Crippen molar-refractivity contribution in [3.8, 4) is 0 Å². The van der Waals surface area contributed by atoms with Crippen LogP contribution in [-0.4, -0.2) is 62.2 Å². The Bertz CT molecular complexity index is 251. The standard InChI is InChI=1S/C17H35N3/c1-3-11-20(15-16-7-6-10-18-14-16)13-9-17-8-4-5-12-19(17)2/h16-18H,3-15H2,1-2H3. The number of hydrogen-bond acceptors (Lipinski definition) is 3. The molecule has 2 unspecified atom stereocenters. The maximum Gasteiger partial charge on any atom is 0.0104 e. The molecule has 2 saturated heterocycles. The van der Waals surface area contributed by atoms with Crippen LogP contribution in [0.25, 0.3) is 0 Å². The zero-order valence-corrected chi connectivity index (χ0v) is 13.7. The van der Waals surface area contributed by atoms with Crippen molar-refractivity contribution in [1.82, 2.24) is 15.1 Å². The average Bonchev–Trinajstić information content (AvgIpc) is 2.47. The van der Waals surface area contributed by atoms with Crippen molar-refractivity contribution < 1.29 is 0 Å². The van der Waals surface area contributed by atoms with E-state index in [2.05, 4.69) is 29.1 Å². The highest BCUT2D eigenvalue weighted by atomic mass is 15.2. The highest BCUT2D eigenvalue weighted by Gasteiger charge is 2.21. The van der Waals surface area contributed by atoms with Crippen LogP contribution in [0.4, 0.5) is 0 Å². The molecule has 0 amide bonds. The minimum Gasteiger partial charge on any atom is -0.316 e. The Balaban J connectivity index is 1.72. The van der Waals surface area contributed by atoms with E-state index >= 15 is 0 Å². The summed E-state index contributed by atoms with van der Waals surface area (Å²) in [5.41, 5.74) is 0. The van der Waals surface area contributed by atoms with E-state index < -0.39 is 0 Å². The Kier molecular flexibility index (Phi) is 7.32. The van der Waals surface area contributed by atoms with E-state index in [1.807, 2.05) is 0 Å². The average molecular weight is 281 g/mol. The fraction of sp³-hybridized carbons (Fsp3) is 1.00. The number of nitrogens with one attached hydrogen (secondary N) is 1. The lowest BCUT2D eigenvalue weighted by atomic mass is 9.97. The van der Waals surface area contributed by atoms with Gasteiger partial charge in [0.15, 0.2) is 0 Å². The Morgan fingerprint density at radius 1 is 1.15 bits per heavy atom. The summed E-state index contributed by atoms with van der Waals surface area (Å²) in [6, 6.07) is 0.840. The Hall–Kier alpha value is -0.120. The molecule has 1 N–H and O–H groups in total. The van der Waals surface area contributed by atoms with Crippen molar-refractivity contribution in [3.63, 3.8) is 0 Å². The van der Waals surface area contributed by atoms with Gasteiger partial charge in [0, 0.05) is 12.6 Å². The van der Waals surface area contributed by atoms with Crippen LogP contribution < -0.4 is 5.32 Å². The number of rotatable bonds is 7. The SMILES string of the molecule is CCCN(CCC1CCCCN1C)CC1CCCNC1. The van der Waals surface area contributed by atoms with Crippen molar-refractivity contribution in [2.24, 2.45) is 5.92 Å². The van der Waals surface area contributed by atoms with Crippen LogP contribution in [0.3, 0.4) is 0 Å². The van der Waals surface area contributed by atoms with Gasteiger partial charge in [0.05, 0.1) is 0 Å². The molecule has 2 atom stereocenters. The van der Waals surface area contributed by atoms with Gasteiger partial charge >= 0.3 is 0 Å². The molecule has 0 aromatic carbocycles. The van der Waals surface area contributed by atoms with Crippen LogP contribution in [0, 0.1) is 5.92 Å². The second-order valence-electron chi connectivity index (χ2n) is 6.93. The van der Waals surface area contributed by atoms with Crippen molar-refractivity contribution >= 4 is 0 Å². The first kappa shape index (κ1) is 16.3. The summed E-state index contributed by atoms with van der Waals surface area (Å²) in [6.07, 6.45) is 9.72. The molecule has 2 heterocycles. The first-order valence-electron chi connectivity index (χ1n) is 8.93. The van der Waals surface area contributed by atoms with E-state index in [1.165, 1.54) is 84.2 Å². The van der Waals surface area contributed by atoms with E-state index in [9.17, 15) is 0 Å². The summed E-state index contributed by atoms with van der Waals surface area (Å²) in [4.78, 5) is 5.33. The second kappa shape index (κ2) is 9.01. The first-order valence-corrected chi connectivity index (χ1v) is 8.93.